The Morgan fingerprint density at radius 2 is 1.92 bits per heavy atom. The molecular formula is C7H13NO3S. The molecule has 0 radical (unpaired) electrons. The number of hydrogen-bond acceptors (Lipinski definition) is 3. The lowest BCUT2D eigenvalue weighted by atomic mass is 10.1. The largest absolute Gasteiger partial charge is 0.453 e. The van der Waals surface area contributed by atoms with E-state index in [0.29, 0.717) is 0 Å². The molecule has 0 spiro atoms. The minimum Gasteiger partial charge on any atom is -0.453 e. The van der Waals surface area contributed by atoms with Gasteiger partial charge >= 0.3 is 6.09 Å². The van der Waals surface area contributed by atoms with Crippen molar-refractivity contribution in [2.75, 3.05) is 7.11 Å². The number of carbonyl (C=O) groups excluding carboxylic acids is 2. The van der Waals surface area contributed by atoms with E-state index in [9.17, 15) is 9.59 Å². The maximum atomic E-state index is 10.8. The summed E-state index contributed by atoms with van der Waals surface area (Å²) in [6.45, 7) is 3.63. The second-order valence-corrected chi connectivity index (χ2v) is 3.14. The molecule has 0 fully saturated rings. The van der Waals surface area contributed by atoms with Gasteiger partial charge in [-0.15, -0.1) is 12.6 Å². The number of alkyl carbamates (subject to hydrolysis) is 1. The normalized spacial score (nSPS) is 12.4. The van der Waals surface area contributed by atoms with E-state index in [1.165, 1.54) is 7.11 Å². The molecule has 4 nitrogen and oxygen atoms in total. The van der Waals surface area contributed by atoms with Crippen molar-refractivity contribution < 1.29 is 14.3 Å². The first-order chi connectivity index (χ1) is 5.49. The van der Waals surface area contributed by atoms with Crippen LogP contribution >= 0.6 is 12.6 Å². The lowest BCUT2D eigenvalue weighted by Gasteiger charge is -2.17. The lowest BCUT2D eigenvalue weighted by Crippen LogP contribution is -2.42. The first kappa shape index (κ1) is 11.3. The van der Waals surface area contributed by atoms with Gasteiger partial charge in [-0.3, -0.25) is 4.79 Å². The Kier molecular flexibility index (Phi) is 4.73. The molecular weight excluding hydrogens is 178 g/mol. The van der Waals surface area contributed by atoms with Crippen molar-refractivity contribution in [2.45, 2.75) is 19.9 Å². The van der Waals surface area contributed by atoms with E-state index < -0.39 is 12.1 Å². The van der Waals surface area contributed by atoms with Crippen LogP contribution in [0.2, 0.25) is 0 Å². The first-order valence-corrected chi connectivity index (χ1v) is 4.01. The van der Waals surface area contributed by atoms with Gasteiger partial charge in [0.25, 0.3) is 0 Å². The van der Waals surface area contributed by atoms with E-state index in [2.05, 4.69) is 22.7 Å². The van der Waals surface area contributed by atoms with Gasteiger partial charge in [0, 0.05) is 0 Å². The third kappa shape index (κ3) is 3.61. The summed E-state index contributed by atoms with van der Waals surface area (Å²) in [5.41, 5.74) is 0. The average Bonchev–Trinajstić information content (AvgIpc) is 1.98. The van der Waals surface area contributed by atoms with Crippen molar-refractivity contribution in [3.63, 3.8) is 0 Å². The summed E-state index contributed by atoms with van der Waals surface area (Å²) >= 11 is 3.64. The lowest BCUT2D eigenvalue weighted by molar-refractivity contribution is -0.113. The Morgan fingerprint density at radius 3 is 2.17 bits per heavy atom. The van der Waals surface area contributed by atoms with Crippen LogP contribution in [0.4, 0.5) is 4.79 Å². The van der Waals surface area contributed by atoms with E-state index in [4.69, 9.17) is 0 Å². The zero-order valence-corrected chi connectivity index (χ0v) is 8.22. The van der Waals surface area contributed by atoms with Gasteiger partial charge in [-0.1, -0.05) is 13.8 Å². The smallest absolute Gasteiger partial charge is 0.407 e. The zero-order chi connectivity index (χ0) is 9.72. The molecule has 0 saturated carbocycles. The number of thiol groups is 1. The third-order valence-electron chi connectivity index (χ3n) is 1.39. The zero-order valence-electron chi connectivity index (χ0n) is 7.33. The molecule has 0 aromatic heterocycles. The highest BCUT2D eigenvalue weighted by Gasteiger charge is 2.21. The number of carbonyl (C=O) groups is 2. The maximum absolute atomic E-state index is 10.8. The Balaban J connectivity index is 4.14. The van der Waals surface area contributed by atoms with Crippen molar-refractivity contribution in [1.82, 2.24) is 5.32 Å². The monoisotopic (exact) mass is 191 g/mol. The summed E-state index contributed by atoms with van der Waals surface area (Å²) in [5, 5.41) is 2.01. The molecule has 0 bridgehead atoms. The highest BCUT2D eigenvalue weighted by Crippen LogP contribution is 2.04. The number of ether oxygens (including phenoxy) is 1. The topological polar surface area (TPSA) is 55.4 Å². The number of rotatable bonds is 3. The van der Waals surface area contributed by atoms with E-state index in [1.807, 2.05) is 13.8 Å². The summed E-state index contributed by atoms with van der Waals surface area (Å²) in [6, 6.07) is -0.583. The molecule has 0 aromatic carbocycles. The van der Waals surface area contributed by atoms with Gasteiger partial charge in [0.2, 0.25) is 5.12 Å². The van der Waals surface area contributed by atoms with Gasteiger partial charge in [-0.25, -0.2) is 4.79 Å². The highest BCUT2D eigenvalue weighted by molar-refractivity contribution is 7.96. The van der Waals surface area contributed by atoms with Crippen LogP contribution in [-0.4, -0.2) is 24.4 Å². The number of hydrogen-bond donors (Lipinski definition) is 2. The van der Waals surface area contributed by atoms with Crippen LogP contribution in [0.3, 0.4) is 0 Å². The van der Waals surface area contributed by atoms with E-state index >= 15 is 0 Å². The molecule has 1 N–H and O–H groups in total. The van der Waals surface area contributed by atoms with Crippen molar-refractivity contribution in [1.29, 1.82) is 0 Å². The fourth-order valence-corrected chi connectivity index (χ4v) is 1.06. The third-order valence-corrected chi connectivity index (χ3v) is 1.67. The number of methoxy groups -OCH3 is 1. The van der Waals surface area contributed by atoms with Crippen LogP contribution < -0.4 is 5.32 Å². The Labute approximate surface area is 77.1 Å². The molecule has 1 atom stereocenters. The Bertz CT molecular complexity index is 181. The van der Waals surface area contributed by atoms with Crippen LogP contribution in [0.5, 0.6) is 0 Å². The Morgan fingerprint density at radius 1 is 1.42 bits per heavy atom. The molecule has 12 heavy (non-hydrogen) atoms. The molecule has 1 amide bonds. The highest BCUT2D eigenvalue weighted by atomic mass is 32.1. The summed E-state index contributed by atoms with van der Waals surface area (Å²) in [5.74, 6) is 0.00843. The van der Waals surface area contributed by atoms with Crippen LogP contribution in [0.25, 0.3) is 0 Å². The molecule has 0 aliphatic rings. The van der Waals surface area contributed by atoms with Gasteiger partial charge in [0.05, 0.1) is 7.11 Å². The molecule has 0 saturated heterocycles. The van der Waals surface area contributed by atoms with Gasteiger partial charge in [-0.05, 0) is 5.92 Å². The maximum Gasteiger partial charge on any atom is 0.407 e. The van der Waals surface area contributed by atoms with Crippen LogP contribution in [0.1, 0.15) is 13.8 Å². The molecule has 0 aliphatic carbocycles. The van der Waals surface area contributed by atoms with Crippen molar-refractivity contribution in [3.8, 4) is 0 Å². The van der Waals surface area contributed by atoms with Gasteiger partial charge in [0.1, 0.15) is 6.04 Å². The van der Waals surface area contributed by atoms with E-state index in [1.54, 1.807) is 0 Å². The van der Waals surface area contributed by atoms with E-state index in [0.717, 1.165) is 0 Å². The van der Waals surface area contributed by atoms with Gasteiger partial charge < -0.3 is 10.1 Å². The number of amides is 1. The van der Waals surface area contributed by atoms with Gasteiger partial charge in [-0.2, -0.15) is 0 Å². The fraction of sp³-hybridized carbons (Fsp3) is 0.714. The molecule has 0 heterocycles. The summed E-state index contributed by atoms with van der Waals surface area (Å²) in [6.07, 6.45) is -0.615. The molecule has 0 aliphatic heterocycles. The molecule has 0 aromatic rings. The minimum absolute atomic E-state index is 0.00843. The first-order valence-electron chi connectivity index (χ1n) is 3.56. The van der Waals surface area contributed by atoms with Crippen molar-refractivity contribution in [3.05, 3.63) is 0 Å². The van der Waals surface area contributed by atoms with Crippen LogP contribution in [-0.2, 0) is 9.53 Å². The minimum atomic E-state index is -0.615. The summed E-state index contributed by atoms with van der Waals surface area (Å²) in [7, 11) is 1.25. The molecule has 70 valence electrons. The molecule has 0 rings (SSSR count). The summed E-state index contributed by atoms with van der Waals surface area (Å²) < 4.78 is 4.34. The van der Waals surface area contributed by atoms with Crippen molar-refractivity contribution in [2.24, 2.45) is 5.92 Å². The fourth-order valence-electron chi connectivity index (χ4n) is 0.699. The molecule has 5 heteroatoms. The van der Waals surface area contributed by atoms with Crippen LogP contribution in [0, 0.1) is 5.92 Å². The quantitative estimate of drug-likeness (QED) is 0.649. The number of nitrogens with one attached hydrogen (secondary N) is 1. The SMILES string of the molecule is COC(=O)NC(C(=O)S)C(C)C. The van der Waals surface area contributed by atoms with E-state index in [-0.39, 0.29) is 11.0 Å². The summed E-state index contributed by atoms with van der Waals surface area (Å²) in [4.78, 5) is 21.5. The second kappa shape index (κ2) is 5.03. The predicted octanol–water partition coefficient (Wildman–Crippen LogP) is 0.823. The molecule has 1 unspecified atom stereocenters. The second-order valence-electron chi connectivity index (χ2n) is 2.70. The Hall–Kier alpha value is -0.710. The van der Waals surface area contributed by atoms with Gasteiger partial charge in [0.15, 0.2) is 0 Å². The standard InChI is InChI=1S/C7H13NO3S/c1-4(2)5(6(9)12)8-7(10)11-3/h4-5H,1-3H3,(H,8,10)(H,9,12). The van der Waals surface area contributed by atoms with Crippen LogP contribution in [0.15, 0.2) is 0 Å². The predicted molar refractivity (Wildman–Crippen MR) is 48.2 cm³/mol. The van der Waals surface area contributed by atoms with Crippen molar-refractivity contribution >= 4 is 23.8 Å². The average molecular weight is 191 g/mol.